The number of carboxylic acid groups (broad SMARTS) is 1. The molecule has 4 nitrogen and oxygen atoms in total. The molecule has 0 amide bonds. The van der Waals surface area contributed by atoms with E-state index in [-0.39, 0.29) is 11.8 Å². The molecule has 0 bridgehead atoms. The first-order valence-corrected chi connectivity index (χ1v) is 5.69. The van der Waals surface area contributed by atoms with Gasteiger partial charge >= 0.3 is 5.97 Å². The van der Waals surface area contributed by atoms with Crippen molar-refractivity contribution in [2.75, 3.05) is 0 Å². The Morgan fingerprint density at radius 1 is 1.56 bits per heavy atom. The number of carbonyl (C=O) groups is 1. The first-order chi connectivity index (χ1) is 7.61. The average molecular weight is 220 g/mol. The predicted molar refractivity (Wildman–Crippen MR) is 59.2 cm³/mol. The molecule has 0 spiro atoms. The molecule has 0 saturated heterocycles. The molecule has 1 fully saturated rings. The van der Waals surface area contributed by atoms with Crippen LogP contribution in [0.15, 0.2) is 6.07 Å². The summed E-state index contributed by atoms with van der Waals surface area (Å²) in [6, 6.07) is 1.98. The van der Waals surface area contributed by atoms with Crippen molar-refractivity contribution in [1.82, 2.24) is 9.97 Å². The zero-order valence-electron chi connectivity index (χ0n) is 9.60. The van der Waals surface area contributed by atoms with Crippen LogP contribution in [0.2, 0.25) is 0 Å². The van der Waals surface area contributed by atoms with E-state index in [0.29, 0.717) is 6.42 Å². The Morgan fingerprint density at radius 3 is 2.88 bits per heavy atom. The van der Waals surface area contributed by atoms with Gasteiger partial charge < -0.3 is 5.11 Å². The minimum atomic E-state index is -0.729. The highest BCUT2D eigenvalue weighted by molar-refractivity contribution is 5.74. The smallest absolute Gasteiger partial charge is 0.307 e. The largest absolute Gasteiger partial charge is 0.481 e. The quantitative estimate of drug-likeness (QED) is 0.842. The molecule has 2 atom stereocenters. The molecule has 16 heavy (non-hydrogen) atoms. The van der Waals surface area contributed by atoms with Gasteiger partial charge in [0.2, 0.25) is 0 Å². The van der Waals surface area contributed by atoms with Gasteiger partial charge in [0, 0.05) is 17.3 Å². The molecule has 1 saturated carbocycles. The lowest BCUT2D eigenvalue weighted by molar-refractivity contribution is -0.138. The number of aliphatic carboxylic acids is 1. The van der Waals surface area contributed by atoms with E-state index < -0.39 is 5.97 Å². The lowest BCUT2D eigenvalue weighted by atomic mass is 10.2. The van der Waals surface area contributed by atoms with Gasteiger partial charge in [-0.15, -0.1) is 0 Å². The maximum absolute atomic E-state index is 10.8. The molecule has 1 N–H and O–H groups in total. The summed E-state index contributed by atoms with van der Waals surface area (Å²) in [5, 5.41) is 8.87. The summed E-state index contributed by atoms with van der Waals surface area (Å²) in [4.78, 5) is 19.6. The van der Waals surface area contributed by atoms with E-state index in [4.69, 9.17) is 5.11 Å². The number of nitrogens with zero attached hydrogens (tertiary/aromatic N) is 2. The molecular weight excluding hydrogens is 204 g/mol. The maximum Gasteiger partial charge on any atom is 0.307 e. The van der Waals surface area contributed by atoms with E-state index in [2.05, 4.69) is 16.9 Å². The first-order valence-electron chi connectivity index (χ1n) is 5.69. The van der Waals surface area contributed by atoms with Crippen molar-refractivity contribution < 1.29 is 9.90 Å². The molecule has 2 rings (SSSR count). The van der Waals surface area contributed by atoms with Crippen LogP contribution in [-0.4, -0.2) is 21.0 Å². The molecule has 1 aliphatic rings. The van der Waals surface area contributed by atoms with Crippen molar-refractivity contribution in [2.45, 2.75) is 39.0 Å². The van der Waals surface area contributed by atoms with E-state index in [1.54, 1.807) is 0 Å². The number of aryl methyl sites for hydroxylation is 2. The van der Waals surface area contributed by atoms with Gasteiger partial charge in [-0.1, -0.05) is 13.3 Å². The molecule has 1 aromatic rings. The van der Waals surface area contributed by atoms with Crippen LogP contribution >= 0.6 is 0 Å². The third-order valence-corrected chi connectivity index (χ3v) is 2.87. The summed E-state index contributed by atoms with van der Waals surface area (Å²) < 4.78 is 0. The fraction of sp³-hybridized carbons (Fsp3) is 0.583. The summed E-state index contributed by atoms with van der Waals surface area (Å²) in [5.41, 5.74) is 1.96. The standard InChI is InChI=1S/C12H16N2O2/c1-3-4-8-5-7(2)13-11(14-8)9-6-10(9)12(15)16/h5,9-10H,3-4,6H2,1-2H3,(H,15,16). The number of rotatable bonds is 4. The number of hydrogen-bond donors (Lipinski definition) is 1. The Labute approximate surface area is 94.7 Å². The zero-order chi connectivity index (χ0) is 11.7. The van der Waals surface area contributed by atoms with Crippen molar-refractivity contribution in [3.05, 3.63) is 23.3 Å². The minimum absolute atomic E-state index is 0.0352. The highest BCUT2D eigenvalue weighted by Crippen LogP contribution is 2.46. The monoisotopic (exact) mass is 220 g/mol. The van der Waals surface area contributed by atoms with Crippen molar-refractivity contribution in [3.63, 3.8) is 0 Å². The Morgan fingerprint density at radius 2 is 2.31 bits per heavy atom. The van der Waals surface area contributed by atoms with Crippen LogP contribution in [0.5, 0.6) is 0 Å². The van der Waals surface area contributed by atoms with E-state index >= 15 is 0 Å². The van der Waals surface area contributed by atoms with Crippen LogP contribution in [0, 0.1) is 12.8 Å². The summed E-state index contributed by atoms with van der Waals surface area (Å²) >= 11 is 0. The van der Waals surface area contributed by atoms with Gasteiger partial charge in [0.25, 0.3) is 0 Å². The lowest BCUT2D eigenvalue weighted by Crippen LogP contribution is -2.04. The maximum atomic E-state index is 10.8. The zero-order valence-corrected chi connectivity index (χ0v) is 9.60. The normalized spacial score (nSPS) is 23.1. The molecule has 1 aliphatic carbocycles. The second-order valence-electron chi connectivity index (χ2n) is 4.40. The number of aromatic nitrogens is 2. The molecular formula is C12H16N2O2. The highest BCUT2D eigenvalue weighted by atomic mass is 16.4. The summed E-state index contributed by atoms with van der Waals surface area (Å²) in [5.74, 6) is -0.243. The fourth-order valence-electron chi connectivity index (χ4n) is 1.96. The summed E-state index contributed by atoms with van der Waals surface area (Å²) in [6.07, 6.45) is 2.66. The van der Waals surface area contributed by atoms with Crippen LogP contribution in [0.4, 0.5) is 0 Å². The summed E-state index contributed by atoms with van der Waals surface area (Å²) in [7, 11) is 0. The van der Waals surface area contributed by atoms with Gasteiger partial charge in [-0.25, -0.2) is 9.97 Å². The average Bonchev–Trinajstić information content (AvgIpc) is 2.96. The topological polar surface area (TPSA) is 63.1 Å². The van der Waals surface area contributed by atoms with Crippen LogP contribution in [0.3, 0.4) is 0 Å². The Hall–Kier alpha value is -1.45. The van der Waals surface area contributed by atoms with Crippen molar-refractivity contribution in [3.8, 4) is 0 Å². The second-order valence-corrected chi connectivity index (χ2v) is 4.40. The Kier molecular flexibility index (Phi) is 2.90. The number of carboxylic acids is 1. The third-order valence-electron chi connectivity index (χ3n) is 2.87. The van der Waals surface area contributed by atoms with Crippen LogP contribution in [0.25, 0.3) is 0 Å². The molecule has 0 radical (unpaired) electrons. The van der Waals surface area contributed by atoms with E-state index in [1.807, 2.05) is 13.0 Å². The molecule has 1 aromatic heterocycles. The van der Waals surface area contributed by atoms with Crippen LogP contribution in [0.1, 0.15) is 42.9 Å². The van der Waals surface area contributed by atoms with E-state index in [9.17, 15) is 4.79 Å². The van der Waals surface area contributed by atoms with Crippen LogP contribution < -0.4 is 0 Å². The van der Waals surface area contributed by atoms with Gasteiger partial charge in [-0.05, 0) is 25.8 Å². The van der Waals surface area contributed by atoms with Crippen LogP contribution in [-0.2, 0) is 11.2 Å². The van der Waals surface area contributed by atoms with Gasteiger partial charge in [-0.3, -0.25) is 4.79 Å². The van der Waals surface area contributed by atoms with Gasteiger partial charge in [-0.2, -0.15) is 0 Å². The van der Waals surface area contributed by atoms with Crippen molar-refractivity contribution in [2.24, 2.45) is 5.92 Å². The minimum Gasteiger partial charge on any atom is -0.481 e. The fourth-order valence-corrected chi connectivity index (χ4v) is 1.96. The molecule has 1 heterocycles. The number of hydrogen-bond acceptors (Lipinski definition) is 3. The van der Waals surface area contributed by atoms with E-state index in [0.717, 1.165) is 30.1 Å². The molecule has 2 unspecified atom stereocenters. The SMILES string of the molecule is CCCc1cc(C)nc(C2CC2C(=O)O)n1. The lowest BCUT2D eigenvalue weighted by Gasteiger charge is -2.04. The summed E-state index contributed by atoms with van der Waals surface area (Å²) in [6.45, 7) is 4.04. The van der Waals surface area contributed by atoms with Crippen molar-refractivity contribution in [1.29, 1.82) is 0 Å². The van der Waals surface area contributed by atoms with Gasteiger partial charge in [0.15, 0.2) is 0 Å². The second kappa shape index (κ2) is 4.20. The van der Waals surface area contributed by atoms with Gasteiger partial charge in [0.1, 0.15) is 5.82 Å². The Balaban J connectivity index is 2.19. The van der Waals surface area contributed by atoms with E-state index in [1.165, 1.54) is 0 Å². The highest BCUT2D eigenvalue weighted by Gasteiger charge is 2.46. The Bertz CT molecular complexity index is 417. The van der Waals surface area contributed by atoms with Gasteiger partial charge in [0.05, 0.1) is 5.92 Å². The molecule has 4 heteroatoms. The molecule has 0 aromatic carbocycles. The molecule has 86 valence electrons. The predicted octanol–water partition coefficient (Wildman–Crippen LogP) is 1.93. The third kappa shape index (κ3) is 2.21. The van der Waals surface area contributed by atoms with Crippen molar-refractivity contribution >= 4 is 5.97 Å². The first kappa shape index (κ1) is 11.0. The molecule has 0 aliphatic heterocycles.